The van der Waals surface area contributed by atoms with Gasteiger partial charge < -0.3 is 0 Å². The second-order valence-electron chi connectivity index (χ2n) is 5.37. The molecule has 8 heteroatoms. The van der Waals surface area contributed by atoms with E-state index in [1.54, 1.807) is 24.3 Å². The molecule has 0 saturated carbocycles. The summed E-state index contributed by atoms with van der Waals surface area (Å²) in [6, 6.07) is 14.6. The molecule has 26 heavy (non-hydrogen) atoms. The smallest absolute Gasteiger partial charge is 0.163 e. The van der Waals surface area contributed by atoms with Crippen LogP contribution in [0.5, 0.6) is 0 Å². The third-order valence-electron chi connectivity index (χ3n) is 3.79. The average molecular weight is 384 g/mol. The van der Waals surface area contributed by atoms with Gasteiger partial charge in [0.2, 0.25) is 0 Å². The maximum Gasteiger partial charge on any atom is 0.163 e. The van der Waals surface area contributed by atoms with Gasteiger partial charge in [-0.15, -0.1) is 0 Å². The highest BCUT2D eigenvalue weighted by molar-refractivity contribution is 6.31. The molecule has 0 bridgehead atoms. The standard InChI is InChI=1S/C18H11Cl2N5O/c19-13-3-1-11(2-4-13)18(26)8-15(12(9-21)10-22)16-7-14(20)5-6-17(16)24-25-23/h1-7,12,15H,8H2. The summed E-state index contributed by atoms with van der Waals surface area (Å²) in [4.78, 5) is 15.4. The molecule has 0 radical (unpaired) electrons. The molecule has 0 heterocycles. The molecule has 6 nitrogen and oxygen atoms in total. The summed E-state index contributed by atoms with van der Waals surface area (Å²) in [6.07, 6.45) is -0.123. The van der Waals surface area contributed by atoms with Crippen LogP contribution >= 0.6 is 23.2 Å². The van der Waals surface area contributed by atoms with Crippen LogP contribution in [-0.2, 0) is 0 Å². The average Bonchev–Trinajstić information content (AvgIpc) is 2.64. The molecule has 2 rings (SSSR count). The predicted octanol–water partition coefficient (Wildman–Crippen LogP) is 5.96. The van der Waals surface area contributed by atoms with E-state index in [9.17, 15) is 15.3 Å². The fourth-order valence-electron chi connectivity index (χ4n) is 2.53. The van der Waals surface area contributed by atoms with E-state index < -0.39 is 11.8 Å². The van der Waals surface area contributed by atoms with Crippen molar-refractivity contribution >= 4 is 34.7 Å². The zero-order chi connectivity index (χ0) is 19.1. The third kappa shape index (κ3) is 4.53. The maximum atomic E-state index is 12.6. The van der Waals surface area contributed by atoms with Crippen LogP contribution < -0.4 is 0 Å². The highest BCUT2D eigenvalue weighted by atomic mass is 35.5. The van der Waals surface area contributed by atoms with Crippen molar-refractivity contribution < 1.29 is 4.79 Å². The van der Waals surface area contributed by atoms with Crippen LogP contribution in [0.3, 0.4) is 0 Å². The molecule has 0 amide bonds. The van der Waals surface area contributed by atoms with Crippen LogP contribution in [0.25, 0.3) is 10.4 Å². The Labute approximate surface area is 159 Å². The van der Waals surface area contributed by atoms with Gasteiger partial charge in [-0.1, -0.05) is 34.4 Å². The second-order valence-corrected chi connectivity index (χ2v) is 6.24. The van der Waals surface area contributed by atoms with E-state index in [0.717, 1.165) is 0 Å². The first-order valence-corrected chi connectivity index (χ1v) is 8.18. The summed E-state index contributed by atoms with van der Waals surface area (Å²) in [5.41, 5.74) is 9.76. The Morgan fingerprint density at radius 1 is 1.12 bits per heavy atom. The van der Waals surface area contributed by atoms with Crippen LogP contribution in [0, 0.1) is 28.6 Å². The monoisotopic (exact) mass is 383 g/mol. The van der Waals surface area contributed by atoms with Gasteiger partial charge in [-0.25, -0.2) is 0 Å². The Bertz CT molecular complexity index is 939. The number of nitriles is 2. The van der Waals surface area contributed by atoms with Crippen molar-refractivity contribution in [2.75, 3.05) is 0 Å². The van der Waals surface area contributed by atoms with Gasteiger partial charge in [-0.3, -0.25) is 4.79 Å². The highest BCUT2D eigenvalue weighted by Gasteiger charge is 2.28. The zero-order valence-corrected chi connectivity index (χ0v) is 14.8. The van der Waals surface area contributed by atoms with E-state index in [1.165, 1.54) is 18.2 Å². The van der Waals surface area contributed by atoms with Gasteiger partial charge in [0.25, 0.3) is 0 Å². The molecule has 0 N–H and O–H groups in total. The van der Waals surface area contributed by atoms with E-state index in [2.05, 4.69) is 10.0 Å². The summed E-state index contributed by atoms with van der Waals surface area (Å²) in [6.45, 7) is 0. The van der Waals surface area contributed by atoms with E-state index in [-0.39, 0.29) is 17.9 Å². The molecule has 0 saturated heterocycles. The normalized spacial score (nSPS) is 11.1. The van der Waals surface area contributed by atoms with Gasteiger partial charge in [-0.2, -0.15) is 10.5 Å². The predicted molar refractivity (Wildman–Crippen MR) is 98.1 cm³/mol. The zero-order valence-electron chi connectivity index (χ0n) is 13.3. The van der Waals surface area contributed by atoms with Gasteiger partial charge in [0, 0.05) is 38.5 Å². The number of carbonyl (C=O) groups is 1. The topological polar surface area (TPSA) is 113 Å². The van der Waals surface area contributed by atoms with Gasteiger partial charge >= 0.3 is 0 Å². The van der Waals surface area contributed by atoms with Crippen molar-refractivity contribution in [1.29, 1.82) is 10.5 Å². The lowest BCUT2D eigenvalue weighted by Gasteiger charge is -2.19. The molecule has 0 aliphatic carbocycles. The molecular formula is C18H11Cl2N5O. The molecule has 0 aliphatic rings. The van der Waals surface area contributed by atoms with Crippen molar-refractivity contribution in [1.82, 2.24) is 0 Å². The molecule has 0 aromatic heterocycles. The van der Waals surface area contributed by atoms with Crippen LogP contribution in [-0.4, -0.2) is 5.78 Å². The number of azide groups is 1. The molecule has 0 aliphatic heterocycles. The van der Waals surface area contributed by atoms with Crippen LogP contribution in [0.1, 0.15) is 28.3 Å². The molecule has 0 spiro atoms. The number of hydrogen-bond acceptors (Lipinski definition) is 4. The molecule has 1 unspecified atom stereocenters. The summed E-state index contributed by atoms with van der Waals surface area (Å²) in [5, 5.41) is 23.1. The van der Waals surface area contributed by atoms with E-state index >= 15 is 0 Å². The lowest BCUT2D eigenvalue weighted by Crippen LogP contribution is -2.15. The van der Waals surface area contributed by atoms with Gasteiger partial charge in [0.15, 0.2) is 5.78 Å². The Morgan fingerprint density at radius 2 is 1.73 bits per heavy atom. The molecule has 2 aromatic carbocycles. The van der Waals surface area contributed by atoms with Crippen LogP contribution in [0.4, 0.5) is 5.69 Å². The van der Waals surface area contributed by atoms with Gasteiger partial charge in [0.05, 0.1) is 12.1 Å². The summed E-state index contributed by atoms with van der Waals surface area (Å²) < 4.78 is 0. The van der Waals surface area contributed by atoms with E-state index in [0.29, 0.717) is 21.2 Å². The Kier molecular flexibility index (Phi) is 6.60. The second kappa shape index (κ2) is 8.89. The summed E-state index contributed by atoms with van der Waals surface area (Å²) in [5.74, 6) is -2.18. The van der Waals surface area contributed by atoms with Crippen LogP contribution in [0.2, 0.25) is 10.0 Å². The van der Waals surface area contributed by atoms with Crippen molar-refractivity contribution in [3.8, 4) is 12.1 Å². The van der Waals surface area contributed by atoms with Crippen molar-refractivity contribution in [3.05, 3.63) is 74.1 Å². The van der Waals surface area contributed by atoms with Crippen molar-refractivity contribution in [2.45, 2.75) is 12.3 Å². The number of Topliss-reactive ketones (excluding diaryl/α,β-unsaturated/α-hetero) is 1. The third-order valence-corrected chi connectivity index (χ3v) is 4.28. The molecule has 0 fully saturated rings. The summed E-state index contributed by atoms with van der Waals surface area (Å²) in [7, 11) is 0. The number of rotatable bonds is 6. The number of carbonyl (C=O) groups excluding carboxylic acids is 1. The summed E-state index contributed by atoms with van der Waals surface area (Å²) >= 11 is 11.9. The van der Waals surface area contributed by atoms with Gasteiger partial charge in [0.1, 0.15) is 5.92 Å². The van der Waals surface area contributed by atoms with Crippen LogP contribution in [0.15, 0.2) is 47.6 Å². The molecule has 2 aromatic rings. The largest absolute Gasteiger partial charge is 0.294 e. The first kappa shape index (κ1) is 19.3. The lowest BCUT2D eigenvalue weighted by atomic mass is 9.82. The molecule has 1 atom stereocenters. The van der Waals surface area contributed by atoms with Gasteiger partial charge in [-0.05, 0) is 47.5 Å². The maximum absolute atomic E-state index is 12.6. The SMILES string of the molecule is N#CC(C#N)C(CC(=O)c1ccc(Cl)cc1)c1cc(Cl)ccc1N=[N+]=[N-]. The molecule has 128 valence electrons. The molecular weight excluding hydrogens is 373 g/mol. The first-order valence-electron chi connectivity index (χ1n) is 7.42. The number of hydrogen-bond donors (Lipinski definition) is 0. The number of ketones is 1. The fourth-order valence-corrected chi connectivity index (χ4v) is 2.84. The minimum absolute atomic E-state index is 0.123. The number of benzene rings is 2. The Balaban J connectivity index is 2.48. The van der Waals surface area contributed by atoms with Crippen molar-refractivity contribution in [2.24, 2.45) is 11.0 Å². The van der Waals surface area contributed by atoms with E-state index in [1.807, 2.05) is 12.1 Å². The Hall–Kier alpha value is -3.02. The Morgan fingerprint density at radius 3 is 2.31 bits per heavy atom. The van der Waals surface area contributed by atoms with E-state index in [4.69, 9.17) is 28.7 Å². The van der Waals surface area contributed by atoms with Crippen molar-refractivity contribution in [3.63, 3.8) is 0 Å². The minimum Gasteiger partial charge on any atom is -0.294 e. The number of nitrogens with zero attached hydrogens (tertiary/aromatic N) is 5. The fraction of sp³-hybridized carbons (Fsp3) is 0.167. The highest BCUT2D eigenvalue weighted by Crippen LogP contribution is 2.37. The minimum atomic E-state index is -1.11. The quantitative estimate of drug-likeness (QED) is 0.265. The lowest BCUT2D eigenvalue weighted by molar-refractivity contribution is 0.0971. The first-order chi connectivity index (χ1) is 12.5. The number of halogens is 2.